The largest absolute Gasteiger partial charge is 0.497 e. The fourth-order valence-corrected chi connectivity index (χ4v) is 3.01. The second kappa shape index (κ2) is 9.04. The van der Waals surface area contributed by atoms with E-state index >= 15 is 0 Å². The maximum atomic E-state index is 12.3. The third-order valence-corrected chi connectivity index (χ3v) is 4.38. The summed E-state index contributed by atoms with van der Waals surface area (Å²) in [6.45, 7) is 4.68. The third-order valence-electron chi connectivity index (χ3n) is 4.38. The standard InChI is InChI=1S/C23H25N3O2/c1-16-12-17(2)14-20(13-16)26-22-9-6-19(15-25-22)23(27)24-11-10-18-4-7-21(28-3)8-5-18/h4-9,12-15H,10-11H2,1-3H3,(H,24,27)(H,25,26). The number of benzene rings is 2. The number of rotatable bonds is 7. The van der Waals surface area contributed by atoms with E-state index in [1.54, 1.807) is 19.4 Å². The Morgan fingerprint density at radius 3 is 2.32 bits per heavy atom. The minimum Gasteiger partial charge on any atom is -0.497 e. The second-order valence-corrected chi connectivity index (χ2v) is 6.79. The first-order valence-electron chi connectivity index (χ1n) is 9.26. The zero-order valence-corrected chi connectivity index (χ0v) is 16.5. The summed E-state index contributed by atoms with van der Waals surface area (Å²) >= 11 is 0. The van der Waals surface area contributed by atoms with Gasteiger partial charge in [0, 0.05) is 18.4 Å². The molecule has 2 N–H and O–H groups in total. The molecule has 1 amide bonds. The first kappa shape index (κ1) is 19.4. The molecule has 0 aliphatic heterocycles. The smallest absolute Gasteiger partial charge is 0.252 e. The fourth-order valence-electron chi connectivity index (χ4n) is 3.01. The number of carbonyl (C=O) groups excluding carboxylic acids is 1. The van der Waals surface area contributed by atoms with Crippen LogP contribution in [0.3, 0.4) is 0 Å². The van der Waals surface area contributed by atoms with E-state index in [0.717, 1.165) is 23.4 Å². The van der Waals surface area contributed by atoms with Gasteiger partial charge in [-0.1, -0.05) is 18.2 Å². The second-order valence-electron chi connectivity index (χ2n) is 6.79. The van der Waals surface area contributed by atoms with Gasteiger partial charge in [-0.15, -0.1) is 0 Å². The summed E-state index contributed by atoms with van der Waals surface area (Å²) in [4.78, 5) is 16.7. The Kier molecular flexibility index (Phi) is 6.27. The van der Waals surface area contributed by atoms with Gasteiger partial charge in [0.15, 0.2) is 0 Å². The van der Waals surface area contributed by atoms with E-state index < -0.39 is 0 Å². The Morgan fingerprint density at radius 1 is 1.00 bits per heavy atom. The highest BCUT2D eigenvalue weighted by atomic mass is 16.5. The van der Waals surface area contributed by atoms with Crippen molar-refractivity contribution in [3.8, 4) is 5.75 Å². The summed E-state index contributed by atoms with van der Waals surface area (Å²) in [7, 11) is 1.64. The van der Waals surface area contributed by atoms with Crippen LogP contribution in [0.15, 0.2) is 60.8 Å². The zero-order chi connectivity index (χ0) is 19.9. The molecule has 0 aliphatic rings. The number of nitrogens with zero attached hydrogens (tertiary/aromatic N) is 1. The summed E-state index contributed by atoms with van der Waals surface area (Å²) in [6.07, 6.45) is 2.35. The van der Waals surface area contributed by atoms with Gasteiger partial charge >= 0.3 is 0 Å². The molecule has 0 atom stereocenters. The van der Waals surface area contributed by atoms with Crippen LogP contribution in [0.2, 0.25) is 0 Å². The van der Waals surface area contributed by atoms with Gasteiger partial charge in [-0.05, 0) is 73.4 Å². The Morgan fingerprint density at radius 2 is 1.71 bits per heavy atom. The van der Waals surface area contributed by atoms with E-state index in [-0.39, 0.29) is 5.91 Å². The van der Waals surface area contributed by atoms with Gasteiger partial charge in [0.1, 0.15) is 11.6 Å². The van der Waals surface area contributed by atoms with Crippen molar-refractivity contribution in [2.45, 2.75) is 20.3 Å². The lowest BCUT2D eigenvalue weighted by Crippen LogP contribution is -2.25. The minimum atomic E-state index is -0.126. The molecular weight excluding hydrogens is 350 g/mol. The van der Waals surface area contributed by atoms with E-state index in [9.17, 15) is 4.79 Å². The first-order valence-corrected chi connectivity index (χ1v) is 9.26. The van der Waals surface area contributed by atoms with Gasteiger partial charge < -0.3 is 15.4 Å². The van der Waals surface area contributed by atoms with E-state index in [2.05, 4.69) is 47.7 Å². The molecule has 1 aromatic heterocycles. The Labute approximate surface area is 165 Å². The van der Waals surface area contributed by atoms with Crippen LogP contribution in [-0.2, 0) is 6.42 Å². The summed E-state index contributed by atoms with van der Waals surface area (Å²) in [5.74, 6) is 1.41. The highest BCUT2D eigenvalue weighted by Gasteiger charge is 2.06. The van der Waals surface area contributed by atoms with E-state index in [0.29, 0.717) is 17.9 Å². The number of aromatic nitrogens is 1. The lowest BCUT2D eigenvalue weighted by atomic mass is 10.1. The molecule has 0 fully saturated rings. The molecule has 3 rings (SSSR count). The molecular formula is C23H25N3O2. The van der Waals surface area contributed by atoms with Gasteiger partial charge in [-0.3, -0.25) is 4.79 Å². The number of aryl methyl sites for hydroxylation is 2. The number of anilines is 2. The molecule has 0 spiro atoms. The molecule has 144 valence electrons. The number of ether oxygens (including phenoxy) is 1. The lowest BCUT2D eigenvalue weighted by molar-refractivity contribution is 0.0954. The van der Waals surface area contributed by atoms with Crippen molar-refractivity contribution in [3.63, 3.8) is 0 Å². The Hall–Kier alpha value is -3.34. The number of nitrogens with one attached hydrogen (secondary N) is 2. The first-order chi connectivity index (χ1) is 13.5. The van der Waals surface area contributed by atoms with Gasteiger partial charge in [-0.25, -0.2) is 4.98 Å². The average Bonchev–Trinajstić information content (AvgIpc) is 2.68. The third kappa shape index (κ3) is 5.33. The van der Waals surface area contributed by atoms with Crippen LogP contribution in [0.5, 0.6) is 5.75 Å². The topological polar surface area (TPSA) is 63.2 Å². The number of hydrogen-bond acceptors (Lipinski definition) is 4. The van der Waals surface area contributed by atoms with E-state index in [4.69, 9.17) is 4.74 Å². The van der Waals surface area contributed by atoms with Gasteiger partial charge in [-0.2, -0.15) is 0 Å². The number of methoxy groups -OCH3 is 1. The molecule has 0 aliphatic carbocycles. The van der Waals surface area contributed by atoms with Crippen LogP contribution in [-0.4, -0.2) is 24.5 Å². The number of hydrogen-bond donors (Lipinski definition) is 2. The monoisotopic (exact) mass is 375 g/mol. The number of carbonyl (C=O) groups is 1. The molecule has 0 radical (unpaired) electrons. The number of pyridine rings is 1. The predicted octanol–water partition coefficient (Wildman–Crippen LogP) is 4.42. The number of amides is 1. The van der Waals surface area contributed by atoms with Crippen LogP contribution in [0.1, 0.15) is 27.0 Å². The normalized spacial score (nSPS) is 10.4. The molecule has 0 unspecified atom stereocenters. The molecule has 0 saturated carbocycles. The summed E-state index contributed by atoms with van der Waals surface area (Å²) in [5, 5.41) is 6.20. The minimum absolute atomic E-state index is 0.126. The van der Waals surface area contributed by atoms with Crippen molar-refractivity contribution in [1.82, 2.24) is 10.3 Å². The molecule has 0 saturated heterocycles. The van der Waals surface area contributed by atoms with Crippen molar-refractivity contribution < 1.29 is 9.53 Å². The maximum absolute atomic E-state index is 12.3. The lowest BCUT2D eigenvalue weighted by Gasteiger charge is -2.09. The maximum Gasteiger partial charge on any atom is 0.252 e. The quantitative estimate of drug-likeness (QED) is 0.641. The van der Waals surface area contributed by atoms with E-state index in [1.165, 1.54) is 11.1 Å². The van der Waals surface area contributed by atoms with Crippen LogP contribution in [0.4, 0.5) is 11.5 Å². The summed E-state index contributed by atoms with van der Waals surface area (Å²) in [6, 6.07) is 17.7. The fraction of sp³-hybridized carbons (Fsp3) is 0.217. The van der Waals surface area contributed by atoms with Crippen molar-refractivity contribution >= 4 is 17.4 Å². The van der Waals surface area contributed by atoms with Crippen molar-refractivity contribution in [2.75, 3.05) is 19.0 Å². The van der Waals surface area contributed by atoms with Gasteiger partial charge in [0.25, 0.3) is 5.91 Å². The zero-order valence-electron chi connectivity index (χ0n) is 16.5. The Bertz CT molecular complexity index is 915. The molecule has 5 nitrogen and oxygen atoms in total. The summed E-state index contributed by atoms with van der Waals surface area (Å²) < 4.78 is 5.15. The molecule has 28 heavy (non-hydrogen) atoms. The van der Waals surface area contributed by atoms with Gasteiger partial charge in [0.05, 0.1) is 12.7 Å². The highest BCUT2D eigenvalue weighted by Crippen LogP contribution is 2.18. The van der Waals surface area contributed by atoms with Crippen molar-refractivity contribution in [2.24, 2.45) is 0 Å². The summed E-state index contributed by atoms with van der Waals surface area (Å²) in [5.41, 5.74) is 5.06. The highest BCUT2D eigenvalue weighted by molar-refractivity contribution is 5.94. The van der Waals surface area contributed by atoms with Crippen molar-refractivity contribution in [3.05, 3.63) is 83.0 Å². The van der Waals surface area contributed by atoms with Crippen LogP contribution in [0, 0.1) is 13.8 Å². The van der Waals surface area contributed by atoms with Crippen LogP contribution in [0.25, 0.3) is 0 Å². The molecule has 0 bridgehead atoms. The molecule has 5 heteroatoms. The van der Waals surface area contributed by atoms with Crippen LogP contribution >= 0.6 is 0 Å². The predicted molar refractivity (Wildman–Crippen MR) is 112 cm³/mol. The van der Waals surface area contributed by atoms with Crippen LogP contribution < -0.4 is 15.4 Å². The average molecular weight is 375 g/mol. The molecule has 2 aromatic carbocycles. The SMILES string of the molecule is COc1ccc(CCNC(=O)c2ccc(Nc3cc(C)cc(C)c3)nc2)cc1. The van der Waals surface area contributed by atoms with E-state index in [1.807, 2.05) is 30.3 Å². The van der Waals surface area contributed by atoms with Crippen molar-refractivity contribution in [1.29, 1.82) is 0 Å². The van der Waals surface area contributed by atoms with Gasteiger partial charge in [0.2, 0.25) is 0 Å². The molecule has 3 aromatic rings. The Balaban J connectivity index is 1.52. The molecule has 1 heterocycles.